The van der Waals surface area contributed by atoms with E-state index < -0.39 is 22.0 Å². The van der Waals surface area contributed by atoms with E-state index >= 15 is 0 Å². The predicted octanol–water partition coefficient (Wildman–Crippen LogP) is 0.362. The van der Waals surface area contributed by atoms with Gasteiger partial charge in [-0.3, -0.25) is 10.1 Å². The van der Waals surface area contributed by atoms with Gasteiger partial charge >= 0.3 is 6.09 Å². The number of nitrogens with zero attached hydrogens (tertiary/aromatic N) is 1. The molecule has 156 valence electrons. The molecule has 1 heterocycles. The van der Waals surface area contributed by atoms with Crippen molar-refractivity contribution in [2.24, 2.45) is 0 Å². The molecule has 9 heteroatoms. The molecule has 0 aliphatic carbocycles. The quantitative estimate of drug-likeness (QED) is 0.674. The number of rotatable bonds is 7. The average molecular weight is 413 g/mol. The van der Waals surface area contributed by atoms with Crippen molar-refractivity contribution in [3.05, 3.63) is 29.8 Å². The van der Waals surface area contributed by atoms with Gasteiger partial charge in [0.05, 0.1) is 37.7 Å². The lowest BCUT2D eigenvalue weighted by Crippen LogP contribution is -3.15. The van der Waals surface area contributed by atoms with E-state index in [1.54, 1.807) is 19.1 Å². The highest BCUT2D eigenvalue weighted by atomic mass is 32.2. The number of imide groups is 1. The van der Waals surface area contributed by atoms with Crippen LogP contribution in [0.15, 0.2) is 29.2 Å². The van der Waals surface area contributed by atoms with Crippen LogP contribution >= 0.6 is 0 Å². The summed E-state index contributed by atoms with van der Waals surface area (Å²) >= 11 is 0. The third-order valence-electron chi connectivity index (χ3n) is 5.06. The lowest BCUT2D eigenvalue weighted by molar-refractivity contribution is -0.895. The standard InChI is InChI=1S/C19H29N3O5S/c1-4-15(3)16-6-8-17(9-7-16)28(25,26)22-12-10-21(11-13-22)14-18(23)20-19(24)27-5-2/h6-9,15H,4-5,10-14H2,1-3H3,(H,20,23,24)/p+1/t15-/m1/s1. The van der Waals surface area contributed by atoms with E-state index in [0.29, 0.717) is 37.0 Å². The van der Waals surface area contributed by atoms with Crippen LogP contribution in [0.1, 0.15) is 38.7 Å². The minimum absolute atomic E-state index is 0.107. The first-order chi connectivity index (χ1) is 13.3. The van der Waals surface area contributed by atoms with Crippen LogP contribution in [-0.4, -0.2) is 64.1 Å². The predicted molar refractivity (Wildman–Crippen MR) is 105 cm³/mol. The maximum Gasteiger partial charge on any atom is 0.414 e. The lowest BCUT2D eigenvalue weighted by Gasteiger charge is -2.31. The van der Waals surface area contributed by atoms with E-state index in [4.69, 9.17) is 0 Å². The number of nitrogens with one attached hydrogen (secondary N) is 2. The lowest BCUT2D eigenvalue weighted by atomic mass is 9.99. The maximum atomic E-state index is 12.9. The summed E-state index contributed by atoms with van der Waals surface area (Å²) in [5.74, 6) is -0.0324. The van der Waals surface area contributed by atoms with Crippen LogP contribution in [-0.2, 0) is 19.6 Å². The topological polar surface area (TPSA) is 97.2 Å². The molecule has 0 spiro atoms. The summed E-state index contributed by atoms with van der Waals surface area (Å²) in [6, 6.07) is 7.09. The van der Waals surface area contributed by atoms with Crippen molar-refractivity contribution >= 4 is 22.0 Å². The molecule has 1 aliphatic rings. The zero-order chi connectivity index (χ0) is 20.7. The normalized spacial score (nSPS) is 17.1. The second-order valence-corrected chi connectivity index (χ2v) is 8.92. The Kier molecular flexibility index (Phi) is 7.97. The van der Waals surface area contributed by atoms with Crippen LogP contribution in [0.2, 0.25) is 0 Å². The Balaban J connectivity index is 1.91. The van der Waals surface area contributed by atoms with Crippen molar-refractivity contribution in [3.63, 3.8) is 0 Å². The number of hydrogen-bond donors (Lipinski definition) is 2. The number of quaternary nitrogens is 1. The largest absolute Gasteiger partial charge is 0.450 e. The maximum absolute atomic E-state index is 12.9. The smallest absolute Gasteiger partial charge is 0.414 e. The average Bonchev–Trinajstić information content (AvgIpc) is 2.68. The van der Waals surface area contributed by atoms with Gasteiger partial charge in [-0.2, -0.15) is 4.31 Å². The van der Waals surface area contributed by atoms with Gasteiger partial charge in [-0.05, 0) is 37.0 Å². The van der Waals surface area contributed by atoms with Crippen LogP contribution in [0.3, 0.4) is 0 Å². The minimum Gasteiger partial charge on any atom is -0.450 e. The van der Waals surface area contributed by atoms with E-state index in [0.717, 1.165) is 16.9 Å². The number of alkyl carbamates (subject to hydrolysis) is 1. The molecule has 0 saturated carbocycles. The molecule has 1 fully saturated rings. The van der Waals surface area contributed by atoms with Gasteiger partial charge in [0.1, 0.15) is 0 Å². The third-order valence-corrected chi connectivity index (χ3v) is 6.97. The molecule has 1 atom stereocenters. The Morgan fingerprint density at radius 1 is 1.18 bits per heavy atom. The van der Waals surface area contributed by atoms with Crippen LogP contribution < -0.4 is 10.2 Å². The van der Waals surface area contributed by atoms with Gasteiger partial charge in [0.25, 0.3) is 5.91 Å². The Morgan fingerprint density at radius 3 is 2.32 bits per heavy atom. The highest BCUT2D eigenvalue weighted by Gasteiger charge is 2.31. The van der Waals surface area contributed by atoms with Gasteiger partial charge in [0.2, 0.25) is 10.0 Å². The summed E-state index contributed by atoms with van der Waals surface area (Å²) in [4.78, 5) is 24.3. The van der Waals surface area contributed by atoms with Gasteiger partial charge in [0, 0.05) is 0 Å². The number of sulfonamides is 1. The van der Waals surface area contributed by atoms with Crippen LogP contribution in [0.4, 0.5) is 4.79 Å². The molecule has 1 aromatic carbocycles. The van der Waals surface area contributed by atoms with E-state index in [1.807, 2.05) is 12.1 Å². The van der Waals surface area contributed by atoms with Crippen molar-refractivity contribution in [2.75, 3.05) is 39.3 Å². The van der Waals surface area contributed by atoms with Gasteiger partial charge in [0.15, 0.2) is 6.54 Å². The van der Waals surface area contributed by atoms with Gasteiger partial charge < -0.3 is 9.64 Å². The highest BCUT2D eigenvalue weighted by molar-refractivity contribution is 7.89. The Labute approximate surface area is 166 Å². The number of hydrogen-bond acceptors (Lipinski definition) is 5. The summed E-state index contributed by atoms with van der Waals surface area (Å²) < 4.78 is 31.9. The van der Waals surface area contributed by atoms with E-state index in [1.165, 1.54) is 4.31 Å². The molecule has 2 amide bonds. The first kappa shape index (κ1) is 22.3. The summed E-state index contributed by atoms with van der Waals surface area (Å²) in [6.07, 6.45) is 0.245. The fourth-order valence-corrected chi connectivity index (χ4v) is 4.57. The summed E-state index contributed by atoms with van der Waals surface area (Å²) in [7, 11) is -3.54. The van der Waals surface area contributed by atoms with Gasteiger partial charge in [-0.25, -0.2) is 13.2 Å². The minimum atomic E-state index is -3.54. The summed E-state index contributed by atoms with van der Waals surface area (Å²) in [5, 5.41) is 2.16. The zero-order valence-electron chi connectivity index (χ0n) is 16.7. The molecule has 1 aliphatic heterocycles. The number of carbonyl (C=O) groups excluding carboxylic acids is 2. The molecular formula is C19H30N3O5S+. The van der Waals surface area contributed by atoms with Gasteiger partial charge in [-0.15, -0.1) is 0 Å². The molecule has 1 saturated heterocycles. The van der Waals surface area contributed by atoms with E-state index in [9.17, 15) is 18.0 Å². The van der Waals surface area contributed by atoms with Crippen molar-refractivity contribution < 1.29 is 27.6 Å². The first-order valence-corrected chi connectivity index (χ1v) is 11.1. The summed E-state index contributed by atoms with van der Waals surface area (Å²) in [5.41, 5.74) is 1.13. The van der Waals surface area contributed by atoms with E-state index in [2.05, 4.69) is 23.9 Å². The van der Waals surface area contributed by atoms with Crippen LogP contribution in [0.25, 0.3) is 0 Å². The molecule has 28 heavy (non-hydrogen) atoms. The molecule has 0 radical (unpaired) electrons. The number of carbonyl (C=O) groups is 2. The number of ether oxygens (including phenoxy) is 1. The molecule has 8 nitrogen and oxygen atoms in total. The van der Waals surface area contributed by atoms with Crippen LogP contribution in [0, 0.1) is 0 Å². The molecule has 1 aromatic rings. The monoisotopic (exact) mass is 412 g/mol. The molecular weight excluding hydrogens is 382 g/mol. The summed E-state index contributed by atoms with van der Waals surface area (Å²) in [6.45, 7) is 7.84. The van der Waals surface area contributed by atoms with Gasteiger partial charge in [-0.1, -0.05) is 26.0 Å². The van der Waals surface area contributed by atoms with Crippen LogP contribution in [0.5, 0.6) is 0 Å². The van der Waals surface area contributed by atoms with Crippen molar-refractivity contribution in [1.82, 2.24) is 9.62 Å². The second kappa shape index (κ2) is 9.99. The molecule has 0 aromatic heterocycles. The van der Waals surface area contributed by atoms with Crippen molar-refractivity contribution in [3.8, 4) is 0 Å². The zero-order valence-corrected chi connectivity index (χ0v) is 17.5. The molecule has 0 unspecified atom stereocenters. The number of piperazine rings is 1. The van der Waals surface area contributed by atoms with E-state index in [-0.39, 0.29) is 13.2 Å². The molecule has 2 rings (SSSR count). The highest BCUT2D eigenvalue weighted by Crippen LogP contribution is 2.22. The first-order valence-electron chi connectivity index (χ1n) is 9.68. The Morgan fingerprint density at radius 2 is 1.79 bits per heavy atom. The Bertz CT molecular complexity index is 771. The SMILES string of the molecule is CCOC(=O)NC(=O)C[NH+]1CCN(S(=O)(=O)c2ccc([C@H](C)CC)cc2)CC1. The van der Waals surface area contributed by atoms with Crippen molar-refractivity contribution in [1.29, 1.82) is 0 Å². The molecule has 2 N–H and O–H groups in total. The fourth-order valence-electron chi connectivity index (χ4n) is 3.12. The number of benzene rings is 1. The third kappa shape index (κ3) is 5.76. The van der Waals surface area contributed by atoms with Crippen molar-refractivity contribution in [2.45, 2.75) is 38.0 Å². The second-order valence-electron chi connectivity index (χ2n) is 6.98. The fraction of sp³-hybridized carbons (Fsp3) is 0.579. The molecule has 0 bridgehead atoms. The number of amides is 2. The Hall–Kier alpha value is -1.97.